The van der Waals surface area contributed by atoms with E-state index < -0.39 is 0 Å². The van der Waals surface area contributed by atoms with Gasteiger partial charge in [0, 0.05) is 26.1 Å². The summed E-state index contributed by atoms with van der Waals surface area (Å²) in [6.45, 7) is 9.41. The maximum atomic E-state index is 11.5. The molecule has 0 aromatic carbocycles. The molecule has 14 heavy (non-hydrogen) atoms. The Bertz CT molecular complexity index is 182. The van der Waals surface area contributed by atoms with Crippen molar-refractivity contribution in [2.45, 2.75) is 33.1 Å². The zero-order valence-corrected chi connectivity index (χ0v) is 9.46. The zero-order chi connectivity index (χ0) is 10.4. The van der Waals surface area contributed by atoms with Gasteiger partial charge in [-0.3, -0.25) is 4.79 Å². The van der Waals surface area contributed by atoms with E-state index in [0.29, 0.717) is 12.3 Å². The maximum absolute atomic E-state index is 11.5. The van der Waals surface area contributed by atoms with Crippen LogP contribution >= 0.6 is 0 Å². The summed E-state index contributed by atoms with van der Waals surface area (Å²) in [6.07, 6.45) is 2.99. The van der Waals surface area contributed by atoms with Crippen LogP contribution in [-0.2, 0) is 4.79 Å². The van der Waals surface area contributed by atoms with Crippen molar-refractivity contribution in [3.63, 3.8) is 0 Å². The SMILES string of the molecule is CCCN1CCCN(C(=O)CC)CC1. The van der Waals surface area contributed by atoms with E-state index in [1.165, 1.54) is 13.0 Å². The van der Waals surface area contributed by atoms with E-state index in [0.717, 1.165) is 32.6 Å². The highest BCUT2D eigenvalue weighted by Crippen LogP contribution is 2.05. The van der Waals surface area contributed by atoms with Crippen molar-refractivity contribution in [1.29, 1.82) is 0 Å². The van der Waals surface area contributed by atoms with Crippen molar-refractivity contribution >= 4 is 5.91 Å². The van der Waals surface area contributed by atoms with Gasteiger partial charge >= 0.3 is 0 Å². The second-order valence-corrected chi connectivity index (χ2v) is 3.93. The Morgan fingerprint density at radius 3 is 2.57 bits per heavy atom. The third-order valence-electron chi connectivity index (χ3n) is 2.78. The Balaban J connectivity index is 2.36. The van der Waals surface area contributed by atoms with E-state index in [9.17, 15) is 4.79 Å². The number of rotatable bonds is 3. The molecule has 0 aromatic heterocycles. The van der Waals surface area contributed by atoms with Crippen LogP contribution < -0.4 is 0 Å². The number of amides is 1. The Kier molecular flexibility index (Phi) is 4.94. The Labute approximate surface area is 87.1 Å². The van der Waals surface area contributed by atoms with Gasteiger partial charge in [0.05, 0.1) is 0 Å². The van der Waals surface area contributed by atoms with Crippen LogP contribution in [0.3, 0.4) is 0 Å². The first-order chi connectivity index (χ1) is 6.77. The van der Waals surface area contributed by atoms with Crippen molar-refractivity contribution in [3.05, 3.63) is 0 Å². The fourth-order valence-electron chi connectivity index (χ4n) is 1.98. The molecule has 1 saturated heterocycles. The van der Waals surface area contributed by atoms with Gasteiger partial charge in [-0.05, 0) is 25.9 Å². The lowest BCUT2D eigenvalue weighted by molar-refractivity contribution is -0.130. The summed E-state index contributed by atoms with van der Waals surface area (Å²) in [4.78, 5) is 16.0. The predicted molar refractivity (Wildman–Crippen MR) is 58.2 cm³/mol. The molecule has 0 aliphatic carbocycles. The molecule has 0 bridgehead atoms. The minimum atomic E-state index is 0.309. The minimum Gasteiger partial charge on any atom is -0.341 e. The highest BCUT2D eigenvalue weighted by atomic mass is 16.2. The highest BCUT2D eigenvalue weighted by Gasteiger charge is 2.16. The van der Waals surface area contributed by atoms with E-state index in [1.54, 1.807) is 0 Å². The van der Waals surface area contributed by atoms with Crippen molar-refractivity contribution in [3.8, 4) is 0 Å². The van der Waals surface area contributed by atoms with Gasteiger partial charge in [-0.1, -0.05) is 13.8 Å². The van der Waals surface area contributed by atoms with E-state index in [-0.39, 0.29) is 0 Å². The second kappa shape index (κ2) is 6.02. The van der Waals surface area contributed by atoms with Gasteiger partial charge in [0.25, 0.3) is 0 Å². The third-order valence-corrected chi connectivity index (χ3v) is 2.78. The zero-order valence-electron chi connectivity index (χ0n) is 9.46. The Morgan fingerprint density at radius 2 is 1.93 bits per heavy atom. The van der Waals surface area contributed by atoms with Gasteiger partial charge in [-0.25, -0.2) is 0 Å². The molecule has 82 valence electrons. The van der Waals surface area contributed by atoms with Gasteiger partial charge in [0.2, 0.25) is 5.91 Å². The Hall–Kier alpha value is -0.570. The molecule has 0 radical (unpaired) electrons. The molecule has 3 nitrogen and oxygen atoms in total. The van der Waals surface area contributed by atoms with Crippen LogP contribution in [-0.4, -0.2) is 48.4 Å². The maximum Gasteiger partial charge on any atom is 0.222 e. The minimum absolute atomic E-state index is 0.309. The smallest absolute Gasteiger partial charge is 0.222 e. The fraction of sp³-hybridized carbons (Fsp3) is 0.909. The summed E-state index contributed by atoms with van der Waals surface area (Å²) in [6, 6.07) is 0. The van der Waals surface area contributed by atoms with Crippen LogP contribution in [0.15, 0.2) is 0 Å². The number of hydrogen-bond donors (Lipinski definition) is 0. The van der Waals surface area contributed by atoms with Gasteiger partial charge in [0.1, 0.15) is 0 Å². The molecule has 1 fully saturated rings. The molecule has 1 heterocycles. The topological polar surface area (TPSA) is 23.6 Å². The van der Waals surface area contributed by atoms with E-state index in [2.05, 4.69) is 11.8 Å². The molecule has 1 rings (SSSR count). The summed E-state index contributed by atoms with van der Waals surface area (Å²) in [5, 5.41) is 0. The molecule has 1 amide bonds. The summed E-state index contributed by atoms with van der Waals surface area (Å²) in [5.74, 6) is 0.309. The molecular formula is C11H22N2O. The first-order valence-electron chi connectivity index (χ1n) is 5.78. The average molecular weight is 198 g/mol. The second-order valence-electron chi connectivity index (χ2n) is 3.93. The van der Waals surface area contributed by atoms with Gasteiger partial charge in [-0.2, -0.15) is 0 Å². The number of nitrogens with zero attached hydrogens (tertiary/aromatic N) is 2. The van der Waals surface area contributed by atoms with Crippen LogP contribution in [0.25, 0.3) is 0 Å². The van der Waals surface area contributed by atoms with Crippen molar-refractivity contribution in [1.82, 2.24) is 9.80 Å². The summed E-state index contributed by atoms with van der Waals surface area (Å²) < 4.78 is 0. The molecule has 0 unspecified atom stereocenters. The first kappa shape index (κ1) is 11.5. The van der Waals surface area contributed by atoms with Crippen LogP contribution in [0.1, 0.15) is 33.1 Å². The molecule has 1 aliphatic rings. The number of carbonyl (C=O) groups is 1. The lowest BCUT2D eigenvalue weighted by Crippen LogP contribution is -2.34. The monoisotopic (exact) mass is 198 g/mol. The molecule has 0 atom stereocenters. The largest absolute Gasteiger partial charge is 0.341 e. The molecule has 0 N–H and O–H groups in total. The summed E-state index contributed by atoms with van der Waals surface area (Å²) in [5.41, 5.74) is 0. The number of hydrogen-bond acceptors (Lipinski definition) is 2. The van der Waals surface area contributed by atoms with Crippen molar-refractivity contribution in [2.24, 2.45) is 0 Å². The van der Waals surface area contributed by atoms with Crippen LogP contribution in [0, 0.1) is 0 Å². The summed E-state index contributed by atoms with van der Waals surface area (Å²) >= 11 is 0. The molecular weight excluding hydrogens is 176 g/mol. The molecule has 0 spiro atoms. The van der Waals surface area contributed by atoms with Gasteiger partial charge < -0.3 is 9.80 Å². The first-order valence-corrected chi connectivity index (χ1v) is 5.78. The van der Waals surface area contributed by atoms with Crippen LogP contribution in [0.2, 0.25) is 0 Å². The average Bonchev–Trinajstić information content (AvgIpc) is 2.43. The van der Waals surface area contributed by atoms with E-state index in [1.807, 2.05) is 11.8 Å². The normalized spacial score (nSPS) is 19.4. The fourth-order valence-corrected chi connectivity index (χ4v) is 1.98. The lowest BCUT2D eigenvalue weighted by atomic mass is 10.3. The molecule has 0 aromatic rings. The third kappa shape index (κ3) is 3.29. The van der Waals surface area contributed by atoms with E-state index in [4.69, 9.17) is 0 Å². The predicted octanol–water partition coefficient (Wildman–Crippen LogP) is 1.34. The van der Waals surface area contributed by atoms with Gasteiger partial charge in [0.15, 0.2) is 0 Å². The molecule has 1 aliphatic heterocycles. The molecule has 3 heteroatoms. The summed E-state index contributed by atoms with van der Waals surface area (Å²) in [7, 11) is 0. The van der Waals surface area contributed by atoms with Crippen molar-refractivity contribution in [2.75, 3.05) is 32.7 Å². The lowest BCUT2D eigenvalue weighted by Gasteiger charge is -2.21. The van der Waals surface area contributed by atoms with Crippen molar-refractivity contribution < 1.29 is 4.79 Å². The van der Waals surface area contributed by atoms with E-state index >= 15 is 0 Å². The Morgan fingerprint density at radius 1 is 1.14 bits per heavy atom. The molecule has 0 saturated carbocycles. The van der Waals surface area contributed by atoms with Crippen LogP contribution in [0.4, 0.5) is 0 Å². The number of carbonyl (C=O) groups excluding carboxylic acids is 1. The standard InChI is InChI=1S/C11H22N2O/c1-3-6-12-7-5-8-13(10-9-12)11(14)4-2/h3-10H2,1-2H3. The quantitative estimate of drug-likeness (QED) is 0.683. The van der Waals surface area contributed by atoms with Gasteiger partial charge in [-0.15, -0.1) is 0 Å². The van der Waals surface area contributed by atoms with Crippen LogP contribution in [0.5, 0.6) is 0 Å². The highest BCUT2D eigenvalue weighted by molar-refractivity contribution is 5.75.